The molecule has 0 fully saturated rings. The third-order valence-electron chi connectivity index (χ3n) is 3.54. The molecular formula is C16H15FN2OS. The van der Waals surface area contributed by atoms with Crippen LogP contribution in [0.15, 0.2) is 47.4 Å². The molecule has 2 aromatic rings. The topological polar surface area (TPSA) is 55.1 Å². The van der Waals surface area contributed by atoms with Crippen molar-refractivity contribution >= 4 is 23.4 Å². The molecule has 0 spiro atoms. The molecule has 1 aliphatic heterocycles. The molecule has 0 saturated heterocycles. The van der Waals surface area contributed by atoms with Gasteiger partial charge in [-0.15, -0.1) is 11.8 Å². The second-order valence-corrected chi connectivity index (χ2v) is 6.07. The Morgan fingerprint density at radius 3 is 2.90 bits per heavy atom. The molecule has 0 aliphatic carbocycles. The maximum Gasteiger partial charge on any atom is 0.248 e. The molecule has 1 atom stereocenters. The second kappa shape index (κ2) is 5.77. The van der Waals surface area contributed by atoms with E-state index in [0.29, 0.717) is 11.3 Å². The van der Waals surface area contributed by atoms with E-state index in [1.165, 1.54) is 23.1 Å². The summed E-state index contributed by atoms with van der Waals surface area (Å²) in [6.45, 7) is 0. The lowest BCUT2D eigenvalue weighted by Crippen LogP contribution is -2.18. The molecule has 3 nitrogen and oxygen atoms in total. The minimum absolute atomic E-state index is 0.0417. The Balaban J connectivity index is 1.91. The van der Waals surface area contributed by atoms with Gasteiger partial charge in [0.15, 0.2) is 0 Å². The Morgan fingerprint density at radius 1 is 1.29 bits per heavy atom. The Kier molecular flexibility index (Phi) is 3.84. The van der Waals surface area contributed by atoms with E-state index in [1.54, 1.807) is 0 Å². The van der Waals surface area contributed by atoms with E-state index in [9.17, 15) is 9.18 Å². The molecule has 0 saturated carbocycles. The van der Waals surface area contributed by atoms with Crippen LogP contribution in [0.3, 0.4) is 0 Å². The van der Waals surface area contributed by atoms with Crippen LogP contribution in [0.1, 0.15) is 28.4 Å². The number of rotatable bonds is 3. The fourth-order valence-corrected chi connectivity index (χ4v) is 3.59. The summed E-state index contributed by atoms with van der Waals surface area (Å²) in [4.78, 5) is 12.4. The highest BCUT2D eigenvalue weighted by atomic mass is 32.2. The minimum atomic E-state index is -0.558. The molecule has 1 heterocycles. The number of thioether (sulfide) groups is 1. The molecule has 108 valence electrons. The zero-order valence-corrected chi connectivity index (χ0v) is 12.1. The van der Waals surface area contributed by atoms with Gasteiger partial charge < -0.3 is 11.1 Å². The first-order valence-corrected chi connectivity index (χ1v) is 7.71. The number of fused-ring (bicyclic) bond motifs is 1. The minimum Gasteiger partial charge on any atom is -0.376 e. The first-order chi connectivity index (χ1) is 10.1. The fourth-order valence-electron chi connectivity index (χ4n) is 2.47. The second-order valence-electron chi connectivity index (χ2n) is 4.93. The van der Waals surface area contributed by atoms with Crippen molar-refractivity contribution in [3.63, 3.8) is 0 Å². The van der Waals surface area contributed by atoms with Gasteiger partial charge in [0.25, 0.3) is 0 Å². The van der Waals surface area contributed by atoms with E-state index < -0.39 is 5.91 Å². The van der Waals surface area contributed by atoms with Crippen molar-refractivity contribution in [3.8, 4) is 0 Å². The molecule has 0 bridgehead atoms. The van der Waals surface area contributed by atoms with E-state index in [0.717, 1.165) is 17.7 Å². The van der Waals surface area contributed by atoms with Gasteiger partial charge in [-0.2, -0.15) is 0 Å². The lowest BCUT2D eigenvalue weighted by atomic mass is 10.0. The Labute approximate surface area is 126 Å². The highest BCUT2D eigenvalue weighted by Crippen LogP contribution is 2.38. The monoisotopic (exact) mass is 302 g/mol. The molecule has 1 aliphatic rings. The summed E-state index contributed by atoms with van der Waals surface area (Å²) in [5, 5.41) is 3.20. The Bertz CT molecular complexity index is 690. The van der Waals surface area contributed by atoms with E-state index in [2.05, 4.69) is 17.4 Å². The highest BCUT2D eigenvalue weighted by Gasteiger charge is 2.21. The number of amides is 1. The molecule has 5 heteroatoms. The number of nitrogens with two attached hydrogens (primary N) is 1. The van der Waals surface area contributed by atoms with Gasteiger partial charge in [-0.3, -0.25) is 4.79 Å². The van der Waals surface area contributed by atoms with Gasteiger partial charge in [0.2, 0.25) is 5.91 Å². The zero-order chi connectivity index (χ0) is 14.8. The van der Waals surface area contributed by atoms with Crippen LogP contribution < -0.4 is 11.1 Å². The summed E-state index contributed by atoms with van der Waals surface area (Å²) >= 11 is 1.81. The van der Waals surface area contributed by atoms with Gasteiger partial charge in [0.05, 0.1) is 11.7 Å². The Hall–Kier alpha value is -2.01. The van der Waals surface area contributed by atoms with E-state index >= 15 is 0 Å². The first kappa shape index (κ1) is 13.9. The number of anilines is 1. The lowest BCUT2D eigenvalue weighted by Gasteiger charge is -2.27. The number of halogens is 1. The standard InChI is InChI=1S/C16H15FN2OS/c17-12-6-5-10(16(18)20)9-14(12)19-13-7-8-21-15-4-2-1-3-11(13)15/h1-6,9,13,19H,7-8H2,(H2,18,20). The molecule has 2 aromatic carbocycles. The number of hydrogen-bond acceptors (Lipinski definition) is 3. The van der Waals surface area contributed by atoms with Crippen LogP contribution >= 0.6 is 11.8 Å². The molecule has 0 radical (unpaired) electrons. The quantitative estimate of drug-likeness (QED) is 0.911. The van der Waals surface area contributed by atoms with Crippen molar-refractivity contribution in [3.05, 3.63) is 59.4 Å². The molecule has 1 amide bonds. The summed E-state index contributed by atoms with van der Waals surface area (Å²) in [6.07, 6.45) is 0.905. The highest BCUT2D eigenvalue weighted by molar-refractivity contribution is 7.99. The number of primary amides is 1. The summed E-state index contributed by atoms with van der Waals surface area (Å²) in [5.41, 5.74) is 7.04. The smallest absolute Gasteiger partial charge is 0.248 e. The van der Waals surface area contributed by atoms with E-state index in [1.807, 2.05) is 23.9 Å². The molecular weight excluding hydrogens is 287 g/mol. The number of hydrogen-bond donors (Lipinski definition) is 2. The maximum absolute atomic E-state index is 13.9. The average molecular weight is 302 g/mol. The third-order valence-corrected chi connectivity index (χ3v) is 4.66. The van der Waals surface area contributed by atoms with Gasteiger partial charge in [-0.1, -0.05) is 18.2 Å². The van der Waals surface area contributed by atoms with Crippen molar-refractivity contribution in [2.75, 3.05) is 11.1 Å². The van der Waals surface area contributed by atoms with Gasteiger partial charge in [0, 0.05) is 16.2 Å². The average Bonchev–Trinajstić information content (AvgIpc) is 2.49. The van der Waals surface area contributed by atoms with E-state index in [-0.39, 0.29) is 11.9 Å². The van der Waals surface area contributed by atoms with E-state index in [4.69, 9.17) is 5.73 Å². The van der Waals surface area contributed by atoms with Crippen molar-refractivity contribution < 1.29 is 9.18 Å². The molecule has 21 heavy (non-hydrogen) atoms. The van der Waals surface area contributed by atoms with Crippen molar-refractivity contribution in [2.24, 2.45) is 5.73 Å². The van der Waals surface area contributed by atoms with Crippen LogP contribution in [-0.2, 0) is 0 Å². The molecule has 3 N–H and O–H groups in total. The van der Waals surface area contributed by atoms with Crippen LogP contribution in [0.2, 0.25) is 0 Å². The Morgan fingerprint density at radius 2 is 2.10 bits per heavy atom. The SMILES string of the molecule is NC(=O)c1ccc(F)c(NC2CCSc3ccccc32)c1. The van der Waals surface area contributed by atoms with Crippen molar-refractivity contribution in [1.82, 2.24) is 0 Å². The predicted octanol–water partition coefficient (Wildman–Crippen LogP) is 3.57. The van der Waals surface area contributed by atoms with Crippen LogP contribution in [0.5, 0.6) is 0 Å². The van der Waals surface area contributed by atoms with Crippen LogP contribution in [0.4, 0.5) is 10.1 Å². The van der Waals surface area contributed by atoms with Crippen molar-refractivity contribution in [1.29, 1.82) is 0 Å². The number of nitrogens with one attached hydrogen (secondary N) is 1. The zero-order valence-electron chi connectivity index (χ0n) is 11.3. The van der Waals surface area contributed by atoms with Crippen LogP contribution in [0, 0.1) is 5.82 Å². The molecule has 3 rings (SSSR count). The van der Waals surface area contributed by atoms with Gasteiger partial charge >= 0.3 is 0 Å². The normalized spacial score (nSPS) is 17.1. The van der Waals surface area contributed by atoms with Crippen LogP contribution in [0.25, 0.3) is 0 Å². The van der Waals surface area contributed by atoms with Crippen LogP contribution in [-0.4, -0.2) is 11.7 Å². The molecule has 0 aromatic heterocycles. The number of carbonyl (C=O) groups excluding carboxylic acids is 1. The van der Waals surface area contributed by atoms with Gasteiger partial charge in [-0.05, 0) is 36.2 Å². The third kappa shape index (κ3) is 2.88. The summed E-state index contributed by atoms with van der Waals surface area (Å²) in [7, 11) is 0. The first-order valence-electron chi connectivity index (χ1n) is 6.73. The summed E-state index contributed by atoms with van der Waals surface area (Å²) < 4.78 is 13.9. The maximum atomic E-state index is 13.9. The fraction of sp³-hybridized carbons (Fsp3) is 0.188. The van der Waals surface area contributed by atoms with Crippen molar-refractivity contribution in [2.45, 2.75) is 17.4 Å². The molecule has 1 unspecified atom stereocenters. The largest absolute Gasteiger partial charge is 0.376 e. The number of carbonyl (C=O) groups is 1. The predicted molar refractivity (Wildman–Crippen MR) is 83.1 cm³/mol. The summed E-state index contributed by atoms with van der Waals surface area (Å²) in [5.74, 6) is 0.0413. The van der Waals surface area contributed by atoms with Gasteiger partial charge in [-0.25, -0.2) is 4.39 Å². The lowest BCUT2D eigenvalue weighted by molar-refractivity contribution is 0.100. The summed E-state index contributed by atoms with van der Waals surface area (Å²) in [6, 6.07) is 12.3. The number of benzene rings is 2. The van der Waals surface area contributed by atoms with Gasteiger partial charge in [0.1, 0.15) is 5.82 Å².